The molecule has 6 aromatic carbocycles. The summed E-state index contributed by atoms with van der Waals surface area (Å²) in [5.74, 6) is 0. The Morgan fingerprint density at radius 3 is 2.10 bits per heavy atom. The van der Waals surface area contributed by atoms with Crippen molar-refractivity contribution >= 4 is 64.5 Å². The lowest BCUT2D eigenvalue weighted by atomic mass is 9.70. The van der Waals surface area contributed by atoms with Crippen molar-refractivity contribution in [2.45, 2.75) is 19.3 Å². The molecule has 0 saturated carbocycles. The Kier molecular flexibility index (Phi) is 5.89. The maximum Gasteiger partial charge on any atom is 0.0508 e. The van der Waals surface area contributed by atoms with E-state index in [9.17, 15) is 0 Å². The fraction of sp³-hybridized carbons (Fsp3) is 0.0769. The van der Waals surface area contributed by atoms with Crippen LogP contribution in [0.15, 0.2) is 138 Å². The van der Waals surface area contributed by atoms with Gasteiger partial charge in [0.1, 0.15) is 0 Å². The molecule has 3 heteroatoms. The van der Waals surface area contributed by atoms with Crippen LogP contribution in [-0.2, 0) is 5.41 Å². The third kappa shape index (κ3) is 3.88. The van der Waals surface area contributed by atoms with E-state index >= 15 is 0 Å². The Bertz CT molecular complexity index is 2140. The molecule has 0 saturated heterocycles. The smallest absolute Gasteiger partial charge is 0.0508 e. The first kappa shape index (κ1) is 25.5. The van der Waals surface area contributed by atoms with E-state index in [2.05, 4.69) is 168 Å². The molecule has 0 unspecified atom stereocenters. The monoisotopic (exact) mass is 621 g/mol. The average Bonchev–Trinajstić information content (AvgIpc) is 3.40. The summed E-state index contributed by atoms with van der Waals surface area (Å²) in [6.45, 7) is 4.74. The van der Waals surface area contributed by atoms with Crippen molar-refractivity contribution in [3.8, 4) is 22.3 Å². The quantitative estimate of drug-likeness (QED) is 0.190. The van der Waals surface area contributed by atoms with Gasteiger partial charge in [-0.2, -0.15) is 0 Å². The summed E-state index contributed by atoms with van der Waals surface area (Å²) in [5.41, 5.74) is 11.1. The van der Waals surface area contributed by atoms with Crippen molar-refractivity contribution < 1.29 is 0 Å². The van der Waals surface area contributed by atoms with Crippen LogP contribution in [0.1, 0.15) is 25.0 Å². The SMILES string of the molecule is CC1(C)c2ccccc2N(c2ccccc2)c2cccc(-c3cc(Br)cc(-c4cccc5c4sc4ccccc45)c3)c21. The van der Waals surface area contributed by atoms with Crippen LogP contribution in [0.2, 0.25) is 0 Å². The fourth-order valence-electron chi connectivity index (χ4n) is 6.82. The Morgan fingerprint density at radius 2 is 1.24 bits per heavy atom. The summed E-state index contributed by atoms with van der Waals surface area (Å²) in [4.78, 5) is 2.43. The Balaban J connectivity index is 1.37. The van der Waals surface area contributed by atoms with E-state index in [1.165, 1.54) is 70.6 Å². The largest absolute Gasteiger partial charge is 0.310 e. The summed E-state index contributed by atoms with van der Waals surface area (Å²) in [6.07, 6.45) is 0. The topological polar surface area (TPSA) is 3.24 Å². The van der Waals surface area contributed by atoms with E-state index in [0.29, 0.717) is 0 Å². The van der Waals surface area contributed by atoms with Gasteiger partial charge in [-0.05, 0) is 81.9 Å². The minimum Gasteiger partial charge on any atom is -0.310 e. The Hall–Kier alpha value is -4.18. The number of hydrogen-bond acceptors (Lipinski definition) is 2. The van der Waals surface area contributed by atoms with E-state index in [1.807, 2.05) is 11.3 Å². The van der Waals surface area contributed by atoms with Gasteiger partial charge in [0.25, 0.3) is 0 Å². The summed E-state index contributed by atoms with van der Waals surface area (Å²) >= 11 is 5.78. The van der Waals surface area contributed by atoms with Crippen LogP contribution < -0.4 is 4.90 Å². The molecule has 0 bridgehead atoms. The Morgan fingerprint density at radius 1 is 0.595 bits per heavy atom. The third-order valence-electron chi connectivity index (χ3n) is 8.67. The van der Waals surface area contributed by atoms with Gasteiger partial charge >= 0.3 is 0 Å². The van der Waals surface area contributed by atoms with Crippen LogP contribution in [0.25, 0.3) is 42.4 Å². The molecule has 2 heterocycles. The molecule has 1 aliphatic rings. The van der Waals surface area contributed by atoms with Gasteiger partial charge in [0.15, 0.2) is 0 Å². The first-order valence-electron chi connectivity index (χ1n) is 14.3. The number of thiophene rings is 1. The molecule has 0 fully saturated rings. The van der Waals surface area contributed by atoms with Crippen LogP contribution in [0.3, 0.4) is 0 Å². The molecular weight excluding hydrogens is 594 g/mol. The molecule has 1 aliphatic heterocycles. The molecule has 0 aliphatic carbocycles. The summed E-state index contributed by atoms with van der Waals surface area (Å²) in [5, 5.41) is 2.65. The highest BCUT2D eigenvalue weighted by Gasteiger charge is 2.38. The molecule has 1 nitrogen and oxygen atoms in total. The molecule has 0 atom stereocenters. The standard InChI is InChI=1S/C39H28BrNS/c1-39(2)33-18-7-8-19-34(33)41(28-12-4-3-5-13-28)35-20-11-15-29(37(35)39)25-22-26(24-27(40)23-25)30-16-10-17-32-31-14-6-9-21-36(31)42-38(30)32/h3-24H,1-2H3. The number of nitrogens with zero attached hydrogens (tertiary/aromatic N) is 1. The highest BCUT2D eigenvalue weighted by molar-refractivity contribution is 9.10. The third-order valence-corrected chi connectivity index (χ3v) is 10.3. The van der Waals surface area contributed by atoms with Gasteiger partial charge in [0.05, 0.1) is 11.4 Å². The van der Waals surface area contributed by atoms with Crippen molar-refractivity contribution in [3.05, 3.63) is 149 Å². The van der Waals surface area contributed by atoms with Gasteiger partial charge in [-0.3, -0.25) is 0 Å². The number of para-hydroxylation sites is 2. The Labute approximate surface area is 258 Å². The number of anilines is 3. The van der Waals surface area contributed by atoms with Crippen molar-refractivity contribution in [1.29, 1.82) is 0 Å². The predicted octanol–water partition coefficient (Wildman–Crippen LogP) is 12.3. The minimum atomic E-state index is -0.193. The number of hydrogen-bond donors (Lipinski definition) is 0. The first-order chi connectivity index (χ1) is 20.5. The molecule has 0 amide bonds. The van der Waals surface area contributed by atoms with E-state index in [0.717, 1.165) is 4.47 Å². The number of fused-ring (bicyclic) bond motifs is 5. The molecule has 8 rings (SSSR count). The second kappa shape index (κ2) is 9.69. The first-order valence-corrected chi connectivity index (χ1v) is 15.9. The van der Waals surface area contributed by atoms with Crippen molar-refractivity contribution in [3.63, 3.8) is 0 Å². The lowest BCUT2D eigenvalue weighted by Gasteiger charge is -2.43. The second-order valence-corrected chi connectivity index (χ2v) is 13.5. The van der Waals surface area contributed by atoms with Crippen molar-refractivity contribution in [2.24, 2.45) is 0 Å². The molecule has 1 aromatic heterocycles. The van der Waals surface area contributed by atoms with E-state index in [-0.39, 0.29) is 5.41 Å². The van der Waals surface area contributed by atoms with E-state index in [4.69, 9.17) is 0 Å². The zero-order valence-corrected chi connectivity index (χ0v) is 25.8. The van der Waals surface area contributed by atoms with Crippen LogP contribution in [0, 0.1) is 0 Å². The molecule has 202 valence electrons. The van der Waals surface area contributed by atoms with Gasteiger partial charge in [-0.15, -0.1) is 11.3 Å². The summed E-state index contributed by atoms with van der Waals surface area (Å²) in [7, 11) is 0. The van der Waals surface area contributed by atoms with Gasteiger partial charge in [-0.1, -0.05) is 115 Å². The number of benzene rings is 6. The lowest BCUT2D eigenvalue weighted by Crippen LogP contribution is -2.31. The van der Waals surface area contributed by atoms with Crippen molar-refractivity contribution in [1.82, 2.24) is 0 Å². The maximum absolute atomic E-state index is 3.90. The van der Waals surface area contributed by atoms with E-state index in [1.54, 1.807) is 0 Å². The fourth-order valence-corrected chi connectivity index (χ4v) is 8.55. The molecule has 42 heavy (non-hydrogen) atoms. The normalized spacial score (nSPS) is 13.7. The van der Waals surface area contributed by atoms with Gasteiger partial charge in [0.2, 0.25) is 0 Å². The lowest BCUT2D eigenvalue weighted by molar-refractivity contribution is 0.633. The van der Waals surface area contributed by atoms with Gasteiger partial charge < -0.3 is 4.90 Å². The molecule has 0 N–H and O–H groups in total. The zero-order chi connectivity index (χ0) is 28.4. The molecule has 0 spiro atoms. The maximum atomic E-state index is 3.90. The summed E-state index contributed by atoms with van der Waals surface area (Å²) < 4.78 is 3.75. The highest BCUT2D eigenvalue weighted by atomic mass is 79.9. The highest BCUT2D eigenvalue weighted by Crippen LogP contribution is 2.54. The number of rotatable bonds is 3. The minimum absolute atomic E-state index is 0.193. The van der Waals surface area contributed by atoms with Gasteiger partial charge in [-0.25, -0.2) is 0 Å². The summed E-state index contributed by atoms with van der Waals surface area (Å²) in [6, 6.07) is 48.7. The average molecular weight is 623 g/mol. The van der Waals surface area contributed by atoms with Crippen LogP contribution in [-0.4, -0.2) is 0 Å². The van der Waals surface area contributed by atoms with Crippen LogP contribution in [0.4, 0.5) is 17.1 Å². The van der Waals surface area contributed by atoms with Crippen LogP contribution >= 0.6 is 27.3 Å². The van der Waals surface area contributed by atoms with Crippen LogP contribution in [0.5, 0.6) is 0 Å². The second-order valence-electron chi connectivity index (χ2n) is 11.5. The molecular formula is C39H28BrNS. The van der Waals surface area contributed by atoms with Crippen molar-refractivity contribution in [2.75, 3.05) is 4.90 Å². The molecule has 0 radical (unpaired) electrons. The van der Waals surface area contributed by atoms with E-state index < -0.39 is 0 Å². The molecule has 7 aromatic rings. The number of halogens is 1. The zero-order valence-electron chi connectivity index (χ0n) is 23.4. The predicted molar refractivity (Wildman–Crippen MR) is 185 cm³/mol. The van der Waals surface area contributed by atoms with Gasteiger partial charge in [0, 0.05) is 35.7 Å².